The molecule has 3 rings (SSSR count). The van der Waals surface area contributed by atoms with E-state index in [2.05, 4.69) is 4.74 Å². The lowest BCUT2D eigenvalue weighted by Gasteiger charge is -2.07. The van der Waals surface area contributed by atoms with Crippen LogP contribution in [0, 0.1) is 0 Å². The minimum absolute atomic E-state index is 0.228. The lowest BCUT2D eigenvalue weighted by molar-refractivity contribution is -0.137. The number of furan rings is 1. The Labute approximate surface area is 157 Å². The van der Waals surface area contributed by atoms with Crippen molar-refractivity contribution in [1.29, 1.82) is 0 Å². The number of benzene rings is 2. The maximum atomic E-state index is 11.2. The van der Waals surface area contributed by atoms with E-state index in [9.17, 15) is 4.79 Å². The van der Waals surface area contributed by atoms with Gasteiger partial charge in [0.1, 0.15) is 5.58 Å². The molecular formula is C20H21ClO3S. The summed E-state index contributed by atoms with van der Waals surface area (Å²) in [4.78, 5) is 11.2. The number of para-hydroxylation sites is 1. The van der Waals surface area contributed by atoms with E-state index in [0.29, 0.717) is 22.3 Å². The van der Waals surface area contributed by atoms with Crippen LogP contribution in [-0.2, 0) is 15.3 Å². The maximum Gasteiger partial charge on any atom is 0.315 e. The summed E-state index contributed by atoms with van der Waals surface area (Å²) in [5, 5.41) is 1.52. The predicted molar refractivity (Wildman–Crippen MR) is 106 cm³/mol. The normalized spacial score (nSPS) is 10.2. The summed E-state index contributed by atoms with van der Waals surface area (Å²) in [6, 6.07) is 15.6. The van der Waals surface area contributed by atoms with Crippen molar-refractivity contribution >= 4 is 40.3 Å². The van der Waals surface area contributed by atoms with E-state index >= 15 is 0 Å². The number of hydrogen-bond donors (Lipinski definition) is 0. The molecule has 0 saturated heterocycles. The highest BCUT2D eigenvalue weighted by molar-refractivity contribution is 7.99. The molecule has 0 N–H and O–H groups in total. The van der Waals surface area contributed by atoms with Crippen molar-refractivity contribution in [2.75, 3.05) is 12.9 Å². The van der Waals surface area contributed by atoms with Gasteiger partial charge in [-0.05, 0) is 17.7 Å². The second-order valence-corrected chi connectivity index (χ2v) is 6.33. The molecule has 0 unspecified atom stereocenters. The van der Waals surface area contributed by atoms with E-state index in [-0.39, 0.29) is 5.97 Å². The van der Waals surface area contributed by atoms with Gasteiger partial charge in [0.2, 0.25) is 0 Å². The van der Waals surface area contributed by atoms with Gasteiger partial charge in [-0.2, -0.15) is 0 Å². The molecule has 0 aliphatic heterocycles. The van der Waals surface area contributed by atoms with Crippen LogP contribution in [-0.4, -0.2) is 18.8 Å². The first kappa shape index (κ1) is 19.4. The molecule has 0 aliphatic rings. The molecule has 3 nitrogen and oxygen atoms in total. The van der Waals surface area contributed by atoms with Crippen molar-refractivity contribution in [2.24, 2.45) is 0 Å². The van der Waals surface area contributed by atoms with Crippen LogP contribution in [0.2, 0.25) is 5.02 Å². The Balaban J connectivity index is 0.00000109. The van der Waals surface area contributed by atoms with Gasteiger partial charge in [0.15, 0.2) is 5.76 Å². The van der Waals surface area contributed by atoms with E-state index in [1.165, 1.54) is 18.9 Å². The third-order valence-corrected chi connectivity index (χ3v) is 4.83. The first-order valence-corrected chi connectivity index (χ1v) is 9.64. The first-order valence-electron chi connectivity index (χ1n) is 8.10. The van der Waals surface area contributed by atoms with Crippen molar-refractivity contribution < 1.29 is 13.9 Å². The summed E-state index contributed by atoms with van der Waals surface area (Å²) in [5.74, 6) is 1.44. The zero-order valence-electron chi connectivity index (χ0n) is 14.5. The number of methoxy groups -OCH3 is 1. The zero-order valence-corrected chi connectivity index (χ0v) is 16.1. The molecule has 3 aromatic rings. The SMILES string of the molecule is CC.COC(=O)CSCc1ccccc1-c1oc2ccccc2c1Cl. The fraction of sp³-hybridized carbons (Fsp3) is 0.250. The van der Waals surface area contributed by atoms with Gasteiger partial charge in [-0.3, -0.25) is 4.79 Å². The van der Waals surface area contributed by atoms with E-state index in [4.69, 9.17) is 16.0 Å². The Kier molecular flexibility index (Phi) is 7.41. The summed E-state index contributed by atoms with van der Waals surface area (Å²) in [6.07, 6.45) is 0. The smallest absolute Gasteiger partial charge is 0.315 e. The molecule has 0 spiro atoms. The summed E-state index contributed by atoms with van der Waals surface area (Å²) in [7, 11) is 1.39. The summed E-state index contributed by atoms with van der Waals surface area (Å²) in [5.41, 5.74) is 2.79. The molecule has 0 radical (unpaired) electrons. The summed E-state index contributed by atoms with van der Waals surface area (Å²) >= 11 is 8.00. The number of esters is 1. The van der Waals surface area contributed by atoms with Gasteiger partial charge in [0.05, 0.1) is 17.9 Å². The van der Waals surface area contributed by atoms with E-state index in [0.717, 1.165) is 22.1 Å². The lowest BCUT2D eigenvalue weighted by Crippen LogP contribution is -2.03. The maximum absolute atomic E-state index is 11.2. The third-order valence-electron chi connectivity index (χ3n) is 3.50. The number of ether oxygens (including phenoxy) is 1. The molecule has 25 heavy (non-hydrogen) atoms. The molecule has 2 aromatic carbocycles. The minimum Gasteiger partial charge on any atom is -0.468 e. The number of hydrogen-bond acceptors (Lipinski definition) is 4. The van der Waals surface area contributed by atoms with Crippen LogP contribution >= 0.6 is 23.4 Å². The predicted octanol–water partition coefficient (Wildman–Crippen LogP) is 6.19. The van der Waals surface area contributed by atoms with E-state index in [1.54, 1.807) is 0 Å². The van der Waals surface area contributed by atoms with Crippen LogP contribution in [0.15, 0.2) is 52.9 Å². The Morgan fingerprint density at radius 1 is 1.12 bits per heavy atom. The van der Waals surface area contributed by atoms with Crippen LogP contribution in [0.3, 0.4) is 0 Å². The molecule has 0 fully saturated rings. The summed E-state index contributed by atoms with van der Waals surface area (Å²) in [6.45, 7) is 4.00. The van der Waals surface area contributed by atoms with Gasteiger partial charge in [-0.15, -0.1) is 11.8 Å². The molecule has 132 valence electrons. The largest absolute Gasteiger partial charge is 0.468 e. The van der Waals surface area contributed by atoms with Crippen molar-refractivity contribution in [3.8, 4) is 11.3 Å². The zero-order chi connectivity index (χ0) is 18.2. The van der Waals surface area contributed by atoms with Crippen molar-refractivity contribution in [2.45, 2.75) is 19.6 Å². The van der Waals surface area contributed by atoms with Crippen LogP contribution in [0.5, 0.6) is 0 Å². The first-order chi connectivity index (χ1) is 12.2. The van der Waals surface area contributed by atoms with Crippen molar-refractivity contribution in [1.82, 2.24) is 0 Å². The van der Waals surface area contributed by atoms with Crippen LogP contribution < -0.4 is 0 Å². The van der Waals surface area contributed by atoms with Gasteiger partial charge in [-0.25, -0.2) is 0 Å². The van der Waals surface area contributed by atoms with Crippen LogP contribution in [0.1, 0.15) is 19.4 Å². The molecule has 0 amide bonds. The third kappa shape index (κ3) is 4.59. The van der Waals surface area contributed by atoms with Crippen LogP contribution in [0.25, 0.3) is 22.3 Å². The van der Waals surface area contributed by atoms with Gasteiger partial charge < -0.3 is 9.15 Å². The number of thioether (sulfide) groups is 1. The highest BCUT2D eigenvalue weighted by Gasteiger charge is 2.16. The highest BCUT2D eigenvalue weighted by Crippen LogP contribution is 2.39. The number of carbonyl (C=O) groups excluding carboxylic acids is 1. The highest BCUT2D eigenvalue weighted by atomic mass is 35.5. The molecule has 0 atom stereocenters. The minimum atomic E-state index is -0.228. The Hall–Kier alpha value is -1.91. The topological polar surface area (TPSA) is 39.4 Å². The number of carbonyl (C=O) groups is 1. The van der Waals surface area contributed by atoms with Crippen LogP contribution in [0.4, 0.5) is 0 Å². The number of rotatable bonds is 5. The average molecular weight is 377 g/mol. The fourth-order valence-corrected chi connectivity index (χ4v) is 3.51. The molecule has 5 heteroatoms. The van der Waals surface area contributed by atoms with E-state index in [1.807, 2.05) is 62.4 Å². The van der Waals surface area contributed by atoms with Gasteiger partial charge >= 0.3 is 5.97 Å². The molecule has 1 heterocycles. The molecule has 0 bridgehead atoms. The second kappa shape index (κ2) is 9.54. The molecule has 1 aromatic heterocycles. The van der Waals surface area contributed by atoms with Crippen molar-refractivity contribution in [3.63, 3.8) is 0 Å². The fourth-order valence-electron chi connectivity index (χ4n) is 2.36. The molecular weight excluding hydrogens is 356 g/mol. The monoisotopic (exact) mass is 376 g/mol. The van der Waals surface area contributed by atoms with Gasteiger partial charge in [0, 0.05) is 16.7 Å². The lowest BCUT2D eigenvalue weighted by atomic mass is 10.1. The van der Waals surface area contributed by atoms with E-state index < -0.39 is 0 Å². The number of halogens is 1. The Bertz CT molecular complexity index is 842. The standard InChI is InChI=1S/C18H15ClO3S.C2H6/c1-21-16(20)11-23-10-12-6-2-3-7-13(12)18-17(19)14-8-4-5-9-15(14)22-18;1-2/h2-9H,10-11H2,1H3;1-2H3. The van der Waals surface area contributed by atoms with Gasteiger partial charge in [0.25, 0.3) is 0 Å². The number of fused-ring (bicyclic) bond motifs is 1. The molecule has 0 saturated carbocycles. The second-order valence-electron chi connectivity index (χ2n) is 4.97. The van der Waals surface area contributed by atoms with Gasteiger partial charge in [-0.1, -0.05) is 61.8 Å². The Morgan fingerprint density at radius 2 is 1.80 bits per heavy atom. The average Bonchev–Trinajstić information content (AvgIpc) is 3.00. The van der Waals surface area contributed by atoms with Crippen molar-refractivity contribution in [3.05, 3.63) is 59.1 Å². The summed E-state index contributed by atoms with van der Waals surface area (Å²) < 4.78 is 10.6. The Morgan fingerprint density at radius 3 is 2.52 bits per heavy atom. The quantitative estimate of drug-likeness (QED) is 0.498. The molecule has 0 aliphatic carbocycles.